The molecule has 1 aliphatic heterocycles. The third-order valence-electron chi connectivity index (χ3n) is 3.95. The van der Waals surface area contributed by atoms with Crippen molar-refractivity contribution in [3.8, 4) is 0 Å². The number of piperidine rings is 1. The van der Waals surface area contributed by atoms with Gasteiger partial charge in [-0.1, -0.05) is 19.1 Å². The Balaban J connectivity index is 1.88. The molecule has 1 aromatic carbocycles. The van der Waals surface area contributed by atoms with Crippen LogP contribution in [0.5, 0.6) is 0 Å². The molecule has 1 aromatic rings. The number of hydrogen-bond donors (Lipinski definition) is 0. The summed E-state index contributed by atoms with van der Waals surface area (Å²) < 4.78 is 0. The van der Waals surface area contributed by atoms with Crippen LogP contribution in [0.1, 0.15) is 25.3 Å². The highest BCUT2D eigenvalue weighted by molar-refractivity contribution is 5.47. The highest BCUT2D eigenvalue weighted by atomic mass is 15.1. The Morgan fingerprint density at radius 1 is 1.11 bits per heavy atom. The van der Waals surface area contributed by atoms with Crippen molar-refractivity contribution < 1.29 is 0 Å². The predicted molar refractivity (Wildman–Crippen MR) is 79.3 cm³/mol. The Labute approximate surface area is 112 Å². The van der Waals surface area contributed by atoms with Gasteiger partial charge in [-0.15, -0.1) is 0 Å². The van der Waals surface area contributed by atoms with Gasteiger partial charge in [0.2, 0.25) is 0 Å². The first-order chi connectivity index (χ1) is 8.69. The van der Waals surface area contributed by atoms with E-state index in [0.29, 0.717) is 0 Å². The second kappa shape index (κ2) is 6.24. The monoisotopic (exact) mass is 246 g/mol. The van der Waals surface area contributed by atoms with Crippen LogP contribution in [-0.2, 0) is 6.42 Å². The van der Waals surface area contributed by atoms with E-state index in [4.69, 9.17) is 0 Å². The molecule has 2 heteroatoms. The van der Waals surface area contributed by atoms with E-state index in [1.54, 1.807) is 0 Å². The van der Waals surface area contributed by atoms with Crippen molar-refractivity contribution >= 4 is 5.69 Å². The maximum Gasteiger partial charge on any atom is 0.0366 e. The average molecular weight is 246 g/mol. The number of nitrogens with zero attached hydrogens (tertiary/aromatic N) is 2. The first-order valence-corrected chi connectivity index (χ1v) is 7.17. The lowest BCUT2D eigenvalue weighted by atomic mass is 9.96. The van der Waals surface area contributed by atoms with Crippen molar-refractivity contribution in [1.82, 2.24) is 4.90 Å². The summed E-state index contributed by atoms with van der Waals surface area (Å²) in [6, 6.07) is 9.10. The minimum Gasteiger partial charge on any atom is -0.372 e. The molecule has 0 N–H and O–H groups in total. The van der Waals surface area contributed by atoms with Gasteiger partial charge in [0, 0.05) is 25.3 Å². The van der Waals surface area contributed by atoms with Crippen molar-refractivity contribution in [3.63, 3.8) is 0 Å². The molecule has 0 radical (unpaired) electrons. The summed E-state index contributed by atoms with van der Waals surface area (Å²) in [5, 5.41) is 0. The summed E-state index contributed by atoms with van der Waals surface area (Å²) >= 11 is 0. The summed E-state index contributed by atoms with van der Waals surface area (Å²) in [6.45, 7) is 5.87. The van der Waals surface area contributed by atoms with Crippen LogP contribution >= 0.6 is 0 Å². The first-order valence-electron chi connectivity index (χ1n) is 7.17. The molecule has 1 heterocycles. The van der Waals surface area contributed by atoms with Crippen molar-refractivity contribution in [1.29, 1.82) is 0 Å². The molecule has 2 nitrogen and oxygen atoms in total. The fourth-order valence-corrected chi connectivity index (χ4v) is 2.83. The predicted octanol–water partition coefficient (Wildman–Crippen LogP) is 3.03. The summed E-state index contributed by atoms with van der Waals surface area (Å²) in [7, 11) is 4.35. The molecule has 2 rings (SSSR count). The Morgan fingerprint density at radius 2 is 1.72 bits per heavy atom. The molecule has 1 aliphatic rings. The molecule has 18 heavy (non-hydrogen) atoms. The normalized spacial score (nSPS) is 17.4. The average Bonchev–Trinajstić information content (AvgIpc) is 2.39. The number of benzene rings is 1. The molecule has 1 saturated heterocycles. The highest BCUT2D eigenvalue weighted by Crippen LogP contribution is 2.23. The van der Waals surface area contributed by atoms with Crippen molar-refractivity contribution in [2.75, 3.05) is 38.6 Å². The second-order valence-corrected chi connectivity index (χ2v) is 5.71. The van der Waals surface area contributed by atoms with Crippen LogP contribution in [0.2, 0.25) is 0 Å². The quantitative estimate of drug-likeness (QED) is 0.806. The smallest absolute Gasteiger partial charge is 0.0366 e. The second-order valence-electron chi connectivity index (χ2n) is 5.71. The molecule has 0 aliphatic carbocycles. The molecular weight excluding hydrogens is 220 g/mol. The van der Waals surface area contributed by atoms with E-state index >= 15 is 0 Å². The van der Waals surface area contributed by atoms with Gasteiger partial charge < -0.3 is 9.80 Å². The summed E-state index contributed by atoms with van der Waals surface area (Å²) in [5.41, 5.74) is 2.83. The van der Waals surface area contributed by atoms with Crippen LogP contribution < -0.4 is 4.90 Å². The molecule has 1 fully saturated rings. The van der Waals surface area contributed by atoms with Crippen molar-refractivity contribution in [3.05, 3.63) is 29.8 Å². The van der Waals surface area contributed by atoms with Gasteiger partial charge in [-0.3, -0.25) is 0 Å². The minimum atomic E-state index is 0.881. The van der Waals surface area contributed by atoms with E-state index in [1.165, 1.54) is 43.7 Å². The van der Waals surface area contributed by atoms with Crippen LogP contribution in [0.3, 0.4) is 0 Å². The fraction of sp³-hybridized carbons (Fsp3) is 0.625. The molecule has 0 spiro atoms. The Kier molecular flexibility index (Phi) is 4.65. The lowest BCUT2D eigenvalue weighted by Gasteiger charge is -2.34. The summed E-state index contributed by atoms with van der Waals surface area (Å²) in [6.07, 6.45) is 3.78. The zero-order chi connectivity index (χ0) is 13.0. The van der Waals surface area contributed by atoms with Crippen LogP contribution in [0, 0.1) is 5.92 Å². The minimum absolute atomic E-state index is 0.881. The van der Waals surface area contributed by atoms with Gasteiger partial charge in [-0.05, 0) is 57.0 Å². The lowest BCUT2D eigenvalue weighted by Crippen LogP contribution is -2.37. The third kappa shape index (κ3) is 3.49. The number of anilines is 1. The van der Waals surface area contributed by atoms with E-state index in [2.05, 4.69) is 55.1 Å². The SMILES string of the molecule is CCc1ccc(N2CCC(CN(C)C)CC2)cc1. The van der Waals surface area contributed by atoms with Crippen LogP contribution in [-0.4, -0.2) is 38.6 Å². The molecule has 0 atom stereocenters. The standard InChI is InChI=1S/C16H26N2/c1-4-14-5-7-16(8-6-14)18-11-9-15(10-12-18)13-17(2)3/h5-8,15H,4,9-13H2,1-3H3. The van der Waals surface area contributed by atoms with Gasteiger partial charge in [0.15, 0.2) is 0 Å². The van der Waals surface area contributed by atoms with Crippen molar-refractivity contribution in [2.24, 2.45) is 5.92 Å². The molecule has 0 saturated carbocycles. The number of aryl methyl sites for hydroxylation is 1. The van der Waals surface area contributed by atoms with Gasteiger partial charge in [-0.2, -0.15) is 0 Å². The molecule has 0 aromatic heterocycles. The van der Waals surface area contributed by atoms with Gasteiger partial charge in [0.25, 0.3) is 0 Å². The summed E-state index contributed by atoms with van der Waals surface area (Å²) in [5.74, 6) is 0.881. The first kappa shape index (κ1) is 13.4. The van der Waals surface area contributed by atoms with Gasteiger partial charge in [-0.25, -0.2) is 0 Å². The van der Waals surface area contributed by atoms with Crippen LogP contribution in [0.4, 0.5) is 5.69 Å². The topological polar surface area (TPSA) is 6.48 Å². The molecule has 100 valence electrons. The number of hydrogen-bond acceptors (Lipinski definition) is 2. The Hall–Kier alpha value is -1.02. The van der Waals surface area contributed by atoms with Gasteiger partial charge in [0.1, 0.15) is 0 Å². The largest absolute Gasteiger partial charge is 0.372 e. The zero-order valence-corrected chi connectivity index (χ0v) is 12.0. The van der Waals surface area contributed by atoms with Gasteiger partial charge >= 0.3 is 0 Å². The summed E-state index contributed by atoms with van der Waals surface area (Å²) in [4.78, 5) is 4.85. The van der Waals surface area contributed by atoms with E-state index in [9.17, 15) is 0 Å². The zero-order valence-electron chi connectivity index (χ0n) is 12.0. The van der Waals surface area contributed by atoms with Crippen LogP contribution in [0.15, 0.2) is 24.3 Å². The number of rotatable bonds is 4. The van der Waals surface area contributed by atoms with E-state index in [-0.39, 0.29) is 0 Å². The third-order valence-corrected chi connectivity index (χ3v) is 3.95. The lowest BCUT2D eigenvalue weighted by molar-refractivity contribution is 0.285. The molecule has 0 amide bonds. The fourth-order valence-electron chi connectivity index (χ4n) is 2.83. The highest BCUT2D eigenvalue weighted by Gasteiger charge is 2.19. The van der Waals surface area contributed by atoms with Gasteiger partial charge in [0.05, 0.1) is 0 Å². The maximum atomic E-state index is 2.53. The van der Waals surface area contributed by atoms with Crippen molar-refractivity contribution in [2.45, 2.75) is 26.2 Å². The van der Waals surface area contributed by atoms with Crippen LogP contribution in [0.25, 0.3) is 0 Å². The van der Waals surface area contributed by atoms with E-state index in [0.717, 1.165) is 12.3 Å². The van der Waals surface area contributed by atoms with E-state index in [1.807, 2.05) is 0 Å². The molecule has 0 unspecified atom stereocenters. The van der Waals surface area contributed by atoms with E-state index < -0.39 is 0 Å². The molecular formula is C16H26N2. The Bertz CT molecular complexity index is 348. The Morgan fingerprint density at radius 3 is 2.22 bits per heavy atom. The maximum absolute atomic E-state index is 2.53. The molecule has 0 bridgehead atoms.